The van der Waals surface area contributed by atoms with Gasteiger partial charge in [0.15, 0.2) is 5.78 Å². The number of hydrogen-bond donors (Lipinski definition) is 0. The zero-order valence-corrected chi connectivity index (χ0v) is 19.9. The van der Waals surface area contributed by atoms with Crippen LogP contribution in [0.5, 0.6) is 0 Å². The number of carbonyl (C=O) groups excluding carboxylic acids is 2. The average Bonchev–Trinajstić information content (AvgIpc) is 3.63. The lowest BCUT2D eigenvalue weighted by atomic mass is 10.1. The van der Waals surface area contributed by atoms with Crippen molar-refractivity contribution < 1.29 is 14.3 Å². The highest BCUT2D eigenvalue weighted by Crippen LogP contribution is 2.43. The van der Waals surface area contributed by atoms with E-state index in [0.29, 0.717) is 44.2 Å². The van der Waals surface area contributed by atoms with Gasteiger partial charge in [-0.15, -0.1) is 11.3 Å². The molecule has 1 aliphatic carbocycles. The van der Waals surface area contributed by atoms with Crippen LogP contribution in [0.2, 0.25) is 0 Å². The first-order chi connectivity index (χ1) is 16.7. The molecule has 174 valence electrons. The summed E-state index contributed by atoms with van der Waals surface area (Å²) in [5.41, 5.74) is 4.50. The van der Waals surface area contributed by atoms with Crippen LogP contribution in [0.15, 0.2) is 48.7 Å². The molecule has 0 spiro atoms. The lowest BCUT2D eigenvalue weighted by Crippen LogP contribution is -2.37. The number of fused-ring (bicyclic) bond motifs is 3. The summed E-state index contributed by atoms with van der Waals surface area (Å²) in [5.74, 6) is 0.744. The zero-order chi connectivity index (χ0) is 23.1. The molecular formula is C27H27N3O3S. The molecule has 3 aromatic rings. The smallest absolute Gasteiger partial charge is 0.276 e. The lowest BCUT2D eigenvalue weighted by Gasteiger charge is -2.29. The van der Waals surface area contributed by atoms with Crippen LogP contribution in [-0.4, -0.2) is 49.5 Å². The molecule has 7 heteroatoms. The van der Waals surface area contributed by atoms with Gasteiger partial charge in [0.25, 0.3) is 5.91 Å². The molecule has 34 heavy (non-hydrogen) atoms. The summed E-state index contributed by atoms with van der Waals surface area (Å²) in [6, 6.07) is 13.9. The minimum Gasteiger partial charge on any atom is -0.378 e. The molecule has 2 fully saturated rings. The predicted octanol–water partition coefficient (Wildman–Crippen LogP) is 4.83. The van der Waals surface area contributed by atoms with Crippen LogP contribution in [0.1, 0.15) is 45.0 Å². The van der Waals surface area contributed by atoms with Gasteiger partial charge in [0.05, 0.1) is 23.8 Å². The van der Waals surface area contributed by atoms with Crippen LogP contribution in [0.25, 0.3) is 10.4 Å². The van der Waals surface area contributed by atoms with E-state index >= 15 is 0 Å². The number of ketones is 1. The molecule has 0 atom stereocenters. The van der Waals surface area contributed by atoms with E-state index in [1.165, 1.54) is 12.8 Å². The molecule has 1 saturated carbocycles. The summed E-state index contributed by atoms with van der Waals surface area (Å²) in [6.07, 6.45) is 5.45. The van der Waals surface area contributed by atoms with Gasteiger partial charge in [0.1, 0.15) is 5.69 Å². The van der Waals surface area contributed by atoms with Gasteiger partial charge in [-0.2, -0.15) is 0 Å². The third-order valence-electron chi connectivity index (χ3n) is 6.88. The molecule has 0 radical (unpaired) electrons. The first-order valence-electron chi connectivity index (χ1n) is 12.0. The fraction of sp³-hybridized carbons (Fsp3) is 0.370. The molecule has 6 rings (SSSR count). The van der Waals surface area contributed by atoms with E-state index in [1.807, 2.05) is 35.2 Å². The Morgan fingerprint density at radius 1 is 1.06 bits per heavy atom. The van der Waals surface area contributed by atoms with Gasteiger partial charge in [0, 0.05) is 48.4 Å². The second-order valence-electron chi connectivity index (χ2n) is 9.26. The first-order valence-corrected chi connectivity index (χ1v) is 12.8. The third-order valence-corrected chi connectivity index (χ3v) is 8.13. The van der Waals surface area contributed by atoms with E-state index in [1.54, 1.807) is 17.5 Å². The minimum atomic E-state index is -0.0947. The number of pyridine rings is 1. The van der Waals surface area contributed by atoms with Crippen LogP contribution in [-0.2, 0) is 11.2 Å². The summed E-state index contributed by atoms with van der Waals surface area (Å²) >= 11 is 1.58. The number of para-hydroxylation sites is 1. The number of aromatic nitrogens is 1. The van der Waals surface area contributed by atoms with Gasteiger partial charge in [-0.1, -0.05) is 18.2 Å². The van der Waals surface area contributed by atoms with E-state index in [4.69, 9.17) is 4.74 Å². The Hall–Kier alpha value is -3.03. The van der Waals surface area contributed by atoms with Gasteiger partial charge in [-0.3, -0.25) is 14.6 Å². The van der Waals surface area contributed by atoms with E-state index in [2.05, 4.69) is 22.0 Å². The number of hydrogen-bond acceptors (Lipinski definition) is 6. The number of carbonyl (C=O) groups is 2. The molecule has 4 heterocycles. The van der Waals surface area contributed by atoms with Gasteiger partial charge in [-0.05, 0) is 55.0 Å². The molecule has 0 bridgehead atoms. The van der Waals surface area contributed by atoms with Gasteiger partial charge in [-0.25, -0.2) is 0 Å². The van der Waals surface area contributed by atoms with Crippen molar-refractivity contribution in [3.63, 3.8) is 0 Å². The predicted molar refractivity (Wildman–Crippen MR) is 134 cm³/mol. The third kappa shape index (κ3) is 4.14. The fourth-order valence-corrected chi connectivity index (χ4v) is 6.02. The van der Waals surface area contributed by atoms with Crippen molar-refractivity contribution in [2.45, 2.75) is 25.7 Å². The molecule has 1 amide bonds. The summed E-state index contributed by atoms with van der Waals surface area (Å²) in [5, 5.41) is 0. The Kier molecular flexibility index (Phi) is 5.67. The van der Waals surface area contributed by atoms with E-state index < -0.39 is 0 Å². The largest absolute Gasteiger partial charge is 0.378 e. The number of ether oxygens (including phenoxy) is 1. The number of rotatable bonds is 5. The lowest BCUT2D eigenvalue weighted by molar-refractivity contribution is 0.0972. The van der Waals surface area contributed by atoms with Crippen molar-refractivity contribution in [3.05, 3.63) is 64.8 Å². The molecule has 1 aromatic carbocycles. The number of Topliss-reactive ketones (excluding diaryl/α,β-unsaturated/α-hetero) is 1. The number of benzene rings is 1. The van der Waals surface area contributed by atoms with E-state index in [9.17, 15) is 9.59 Å². The molecule has 6 nitrogen and oxygen atoms in total. The highest BCUT2D eigenvalue weighted by molar-refractivity contribution is 7.17. The van der Waals surface area contributed by atoms with E-state index in [0.717, 1.165) is 45.3 Å². The quantitative estimate of drug-likeness (QED) is 0.497. The van der Waals surface area contributed by atoms with Crippen molar-refractivity contribution in [1.82, 2.24) is 4.98 Å². The standard InChI is InChI=1S/C27H27N3O3S/c31-24(15-18-5-6-18)25-16-19-8-10-30(23-4-2-1-3-21(23)26(19)34-25)27(32)22-17-20(7-9-28-22)29-11-13-33-14-12-29/h1-4,7,9,16-18H,5-6,8,10-15H2. The average molecular weight is 474 g/mol. The topological polar surface area (TPSA) is 62.7 Å². The number of morpholine rings is 1. The Labute approximate surface area is 203 Å². The maximum Gasteiger partial charge on any atom is 0.276 e. The van der Waals surface area contributed by atoms with Gasteiger partial charge >= 0.3 is 0 Å². The maximum atomic E-state index is 13.7. The molecular weight excluding hydrogens is 446 g/mol. The Morgan fingerprint density at radius 2 is 1.88 bits per heavy atom. The molecule has 0 unspecified atom stereocenters. The second-order valence-corrected chi connectivity index (χ2v) is 10.3. The molecule has 3 aliphatic rings. The summed E-state index contributed by atoms with van der Waals surface area (Å²) in [6.45, 7) is 3.56. The van der Waals surface area contributed by atoms with Gasteiger partial charge < -0.3 is 14.5 Å². The Balaban J connectivity index is 1.31. The van der Waals surface area contributed by atoms with Gasteiger partial charge in [0.2, 0.25) is 0 Å². The van der Waals surface area contributed by atoms with E-state index in [-0.39, 0.29) is 11.7 Å². The Morgan fingerprint density at radius 3 is 2.71 bits per heavy atom. The number of nitrogens with zero attached hydrogens (tertiary/aromatic N) is 3. The molecule has 0 N–H and O–H groups in total. The molecule has 2 aromatic heterocycles. The van der Waals surface area contributed by atoms with Crippen LogP contribution in [0.4, 0.5) is 11.4 Å². The summed E-state index contributed by atoms with van der Waals surface area (Å²) in [4.78, 5) is 36.9. The highest BCUT2D eigenvalue weighted by Gasteiger charge is 2.30. The fourth-order valence-electron chi connectivity index (χ4n) is 4.82. The van der Waals surface area contributed by atoms with Crippen molar-refractivity contribution in [2.75, 3.05) is 42.6 Å². The molecule has 1 saturated heterocycles. The number of anilines is 2. The van der Waals surface area contributed by atoms with Crippen LogP contribution in [0, 0.1) is 5.92 Å². The minimum absolute atomic E-state index is 0.0947. The van der Waals surface area contributed by atoms with Crippen LogP contribution in [0.3, 0.4) is 0 Å². The second kappa shape index (κ2) is 8.96. The number of amides is 1. The molecule has 2 aliphatic heterocycles. The van der Waals surface area contributed by atoms with Crippen molar-refractivity contribution in [1.29, 1.82) is 0 Å². The normalized spacial score (nSPS) is 17.6. The SMILES string of the molecule is O=C(CC1CC1)c1cc2c(s1)-c1ccccc1N(C(=O)c1cc(N3CCOCC3)ccn1)CC2. The van der Waals surface area contributed by atoms with Crippen molar-refractivity contribution in [2.24, 2.45) is 5.92 Å². The Bertz CT molecular complexity index is 1240. The van der Waals surface area contributed by atoms with Crippen LogP contribution < -0.4 is 9.80 Å². The summed E-state index contributed by atoms with van der Waals surface area (Å²) < 4.78 is 5.46. The van der Waals surface area contributed by atoms with Crippen molar-refractivity contribution >= 4 is 34.4 Å². The van der Waals surface area contributed by atoms with Crippen LogP contribution >= 0.6 is 11.3 Å². The summed E-state index contributed by atoms with van der Waals surface area (Å²) in [7, 11) is 0. The maximum absolute atomic E-state index is 13.7. The highest BCUT2D eigenvalue weighted by atomic mass is 32.1. The zero-order valence-electron chi connectivity index (χ0n) is 19.0. The van der Waals surface area contributed by atoms with Crippen molar-refractivity contribution in [3.8, 4) is 10.4 Å². The first kappa shape index (κ1) is 21.5. The monoisotopic (exact) mass is 473 g/mol. The number of thiophene rings is 1.